The highest BCUT2D eigenvalue weighted by atomic mass is 16.6. The van der Waals surface area contributed by atoms with E-state index in [1.54, 1.807) is 0 Å². The van der Waals surface area contributed by atoms with Gasteiger partial charge in [0.25, 0.3) is 0 Å². The van der Waals surface area contributed by atoms with Gasteiger partial charge >= 0.3 is 0 Å². The summed E-state index contributed by atoms with van der Waals surface area (Å²) in [7, 11) is 0. The Morgan fingerprint density at radius 2 is 2.12 bits per heavy atom. The molecule has 0 bridgehead atoms. The van der Waals surface area contributed by atoms with Crippen molar-refractivity contribution in [2.45, 2.75) is 75.7 Å². The number of ether oxygens (including phenoxy) is 3. The number of aliphatic hydroxyl groups excluding tert-OH is 1. The van der Waals surface area contributed by atoms with E-state index < -0.39 is 0 Å². The number of hydrogen-bond donors (Lipinski definition) is 1. The van der Waals surface area contributed by atoms with Gasteiger partial charge in [0.2, 0.25) is 0 Å². The summed E-state index contributed by atoms with van der Waals surface area (Å²) in [6, 6.07) is 0. The van der Waals surface area contributed by atoms with Gasteiger partial charge in [-0.3, -0.25) is 0 Å². The lowest BCUT2D eigenvalue weighted by molar-refractivity contribution is -0.0843. The molecule has 3 aliphatic rings. The third kappa shape index (κ3) is 2.50. The van der Waals surface area contributed by atoms with Crippen molar-refractivity contribution in [3.63, 3.8) is 0 Å². The van der Waals surface area contributed by atoms with Gasteiger partial charge in [-0.05, 0) is 26.7 Å². The molecular weight excluding hydrogens is 220 g/mol. The van der Waals surface area contributed by atoms with Crippen LogP contribution in [0.25, 0.3) is 0 Å². The third-order valence-corrected chi connectivity index (χ3v) is 4.33. The first-order valence-corrected chi connectivity index (χ1v) is 6.71. The maximum absolute atomic E-state index is 9.88. The Labute approximate surface area is 102 Å². The standard InChI is InChI=1S/C13H22O4/c1-8-10(16-8)6-12-13(2,17-12)7-11-9(14)4-3-5-15-11/h8-12,14H,3-7H2,1-2H3/t8-,9-,10-,11+,12+,13-/m1/s1. The summed E-state index contributed by atoms with van der Waals surface area (Å²) in [6.45, 7) is 4.99. The maximum Gasteiger partial charge on any atom is 0.0947 e. The lowest BCUT2D eigenvalue weighted by Gasteiger charge is -2.29. The molecule has 3 rings (SSSR count). The molecule has 17 heavy (non-hydrogen) atoms. The van der Waals surface area contributed by atoms with Gasteiger partial charge in [0.1, 0.15) is 0 Å². The number of epoxide rings is 2. The highest BCUT2D eigenvalue weighted by molar-refractivity contribution is 5.04. The Bertz CT molecular complexity index is 295. The van der Waals surface area contributed by atoms with Crippen LogP contribution in [-0.4, -0.2) is 47.8 Å². The summed E-state index contributed by atoms with van der Waals surface area (Å²) in [5, 5.41) is 9.88. The van der Waals surface area contributed by atoms with Crippen molar-refractivity contribution in [3.8, 4) is 0 Å². The van der Waals surface area contributed by atoms with Crippen molar-refractivity contribution >= 4 is 0 Å². The van der Waals surface area contributed by atoms with Crippen LogP contribution in [-0.2, 0) is 14.2 Å². The summed E-state index contributed by atoms with van der Waals surface area (Å²) in [5.74, 6) is 0. The Morgan fingerprint density at radius 3 is 2.76 bits per heavy atom. The molecule has 0 aromatic heterocycles. The van der Waals surface area contributed by atoms with E-state index in [0.29, 0.717) is 12.2 Å². The summed E-state index contributed by atoms with van der Waals surface area (Å²) in [6.07, 6.45) is 4.33. The molecule has 3 heterocycles. The minimum Gasteiger partial charge on any atom is -0.390 e. The molecule has 0 amide bonds. The lowest BCUT2D eigenvalue weighted by Crippen LogP contribution is -2.37. The average molecular weight is 242 g/mol. The van der Waals surface area contributed by atoms with Gasteiger partial charge in [-0.2, -0.15) is 0 Å². The molecule has 98 valence electrons. The van der Waals surface area contributed by atoms with Crippen molar-refractivity contribution in [1.82, 2.24) is 0 Å². The van der Waals surface area contributed by atoms with Gasteiger partial charge in [0, 0.05) is 19.4 Å². The van der Waals surface area contributed by atoms with Crippen molar-refractivity contribution < 1.29 is 19.3 Å². The minimum atomic E-state index is -0.318. The van der Waals surface area contributed by atoms with E-state index in [1.165, 1.54) is 0 Å². The van der Waals surface area contributed by atoms with Crippen LogP contribution >= 0.6 is 0 Å². The van der Waals surface area contributed by atoms with Gasteiger partial charge in [-0.15, -0.1) is 0 Å². The normalized spacial score (nSPS) is 53.5. The van der Waals surface area contributed by atoms with Crippen molar-refractivity contribution in [3.05, 3.63) is 0 Å². The third-order valence-electron chi connectivity index (χ3n) is 4.33. The Morgan fingerprint density at radius 1 is 1.35 bits per heavy atom. The first kappa shape index (κ1) is 11.9. The number of rotatable bonds is 4. The molecule has 0 aromatic carbocycles. The second-order valence-corrected chi connectivity index (χ2v) is 5.86. The first-order valence-electron chi connectivity index (χ1n) is 6.71. The second kappa shape index (κ2) is 4.19. The van der Waals surface area contributed by atoms with Crippen LogP contribution in [0.3, 0.4) is 0 Å². The van der Waals surface area contributed by atoms with E-state index in [2.05, 4.69) is 13.8 Å². The van der Waals surface area contributed by atoms with Crippen LogP contribution < -0.4 is 0 Å². The molecule has 0 unspecified atom stereocenters. The minimum absolute atomic E-state index is 0.0451. The molecule has 0 aliphatic carbocycles. The highest BCUT2D eigenvalue weighted by Crippen LogP contribution is 2.46. The molecule has 0 saturated carbocycles. The van der Waals surface area contributed by atoms with Gasteiger partial charge in [-0.25, -0.2) is 0 Å². The lowest BCUT2D eigenvalue weighted by atomic mass is 9.92. The SMILES string of the molecule is C[C@H]1O[C@@H]1C[C@@H]1O[C@]1(C)C[C@@H]1OCCC[C@H]1O. The Balaban J connectivity index is 1.48. The van der Waals surface area contributed by atoms with Crippen LogP contribution in [0.1, 0.15) is 39.5 Å². The molecule has 6 atom stereocenters. The van der Waals surface area contributed by atoms with Gasteiger partial charge < -0.3 is 19.3 Å². The van der Waals surface area contributed by atoms with Crippen LogP contribution in [0, 0.1) is 0 Å². The summed E-state index contributed by atoms with van der Waals surface area (Å²) in [4.78, 5) is 0. The summed E-state index contributed by atoms with van der Waals surface area (Å²) < 4.78 is 16.8. The Hall–Kier alpha value is -0.160. The van der Waals surface area contributed by atoms with E-state index in [4.69, 9.17) is 14.2 Å². The molecule has 0 radical (unpaired) electrons. The largest absolute Gasteiger partial charge is 0.390 e. The zero-order chi connectivity index (χ0) is 12.0. The zero-order valence-corrected chi connectivity index (χ0v) is 10.6. The van der Waals surface area contributed by atoms with Crippen molar-refractivity contribution in [2.24, 2.45) is 0 Å². The summed E-state index contributed by atoms with van der Waals surface area (Å²) in [5.41, 5.74) is -0.103. The second-order valence-electron chi connectivity index (χ2n) is 5.86. The van der Waals surface area contributed by atoms with E-state index >= 15 is 0 Å². The van der Waals surface area contributed by atoms with Gasteiger partial charge in [-0.1, -0.05) is 0 Å². The fraction of sp³-hybridized carbons (Fsp3) is 1.00. The fourth-order valence-electron chi connectivity index (χ4n) is 2.88. The smallest absolute Gasteiger partial charge is 0.0947 e. The number of aliphatic hydroxyl groups is 1. The van der Waals surface area contributed by atoms with Crippen molar-refractivity contribution in [1.29, 1.82) is 0 Å². The van der Waals surface area contributed by atoms with Crippen LogP contribution in [0.2, 0.25) is 0 Å². The van der Waals surface area contributed by atoms with Gasteiger partial charge in [0.05, 0.1) is 36.1 Å². The molecule has 1 N–H and O–H groups in total. The first-order chi connectivity index (χ1) is 8.08. The predicted molar refractivity (Wildman–Crippen MR) is 61.8 cm³/mol. The molecule has 4 nitrogen and oxygen atoms in total. The van der Waals surface area contributed by atoms with Gasteiger partial charge in [0.15, 0.2) is 0 Å². The quantitative estimate of drug-likeness (QED) is 0.754. The van der Waals surface area contributed by atoms with Crippen LogP contribution in [0.15, 0.2) is 0 Å². The molecule has 4 heteroatoms. The molecule has 0 spiro atoms. The monoisotopic (exact) mass is 242 g/mol. The van der Waals surface area contributed by atoms with Crippen LogP contribution in [0.5, 0.6) is 0 Å². The molecule has 3 aliphatic heterocycles. The summed E-state index contributed by atoms with van der Waals surface area (Å²) >= 11 is 0. The molecule has 0 aromatic rings. The van der Waals surface area contributed by atoms with E-state index in [-0.39, 0.29) is 23.9 Å². The van der Waals surface area contributed by atoms with E-state index in [1.807, 2.05) is 0 Å². The predicted octanol–water partition coefficient (Wildman–Crippen LogP) is 1.25. The molecular formula is C13H22O4. The average Bonchev–Trinajstić information content (AvgIpc) is 3.13. The van der Waals surface area contributed by atoms with Crippen molar-refractivity contribution in [2.75, 3.05) is 6.61 Å². The number of hydrogen-bond acceptors (Lipinski definition) is 4. The van der Waals surface area contributed by atoms with Crippen LogP contribution in [0.4, 0.5) is 0 Å². The fourth-order valence-corrected chi connectivity index (χ4v) is 2.88. The topological polar surface area (TPSA) is 54.5 Å². The Kier molecular flexibility index (Phi) is 2.94. The molecule has 3 fully saturated rings. The van der Waals surface area contributed by atoms with E-state index in [9.17, 15) is 5.11 Å². The van der Waals surface area contributed by atoms with E-state index in [0.717, 1.165) is 32.3 Å². The maximum atomic E-state index is 9.88. The zero-order valence-electron chi connectivity index (χ0n) is 10.6. The molecule has 3 saturated heterocycles. The highest BCUT2D eigenvalue weighted by Gasteiger charge is 2.56.